The normalized spacial score (nSPS) is 10.9. The Balaban J connectivity index is 1.64. The molecule has 3 rings (SSSR count). The Kier molecular flexibility index (Phi) is 7.29. The van der Waals surface area contributed by atoms with E-state index in [0.717, 1.165) is 22.3 Å². The minimum Gasteiger partial charge on any atom is -0.493 e. The van der Waals surface area contributed by atoms with Crippen molar-refractivity contribution in [2.75, 3.05) is 20.7 Å². The molecule has 0 radical (unpaired) electrons. The largest absolute Gasteiger partial charge is 0.493 e. The molecule has 1 heterocycles. The number of nitrogens with zero attached hydrogens (tertiary/aromatic N) is 1. The number of furan rings is 1. The summed E-state index contributed by atoms with van der Waals surface area (Å²) in [7, 11) is 2.92. The van der Waals surface area contributed by atoms with Gasteiger partial charge in [0.2, 0.25) is 5.91 Å². The van der Waals surface area contributed by atoms with Crippen molar-refractivity contribution in [3.63, 3.8) is 0 Å². The van der Waals surface area contributed by atoms with Gasteiger partial charge in [0.15, 0.2) is 11.5 Å². The van der Waals surface area contributed by atoms with Gasteiger partial charge in [-0.15, -0.1) is 0 Å². The highest BCUT2D eigenvalue weighted by atomic mass is 19.3. The summed E-state index contributed by atoms with van der Waals surface area (Å²) in [5.41, 5.74) is 1.85. The highest BCUT2D eigenvalue weighted by Gasteiger charge is 2.19. The number of alkyl halides is 2. The zero-order valence-electron chi connectivity index (χ0n) is 18.0. The van der Waals surface area contributed by atoms with Gasteiger partial charge in [0.1, 0.15) is 11.3 Å². The van der Waals surface area contributed by atoms with E-state index >= 15 is 0 Å². The minimum atomic E-state index is -3.02. The lowest BCUT2D eigenvalue weighted by atomic mass is 10.1. The van der Waals surface area contributed by atoms with Crippen molar-refractivity contribution in [2.45, 2.75) is 26.5 Å². The van der Waals surface area contributed by atoms with Gasteiger partial charge in [-0.1, -0.05) is 25.1 Å². The number of fused-ring (bicyclic) bond motifs is 1. The molecule has 0 saturated heterocycles. The zero-order valence-corrected chi connectivity index (χ0v) is 18.0. The van der Waals surface area contributed by atoms with E-state index in [1.165, 1.54) is 30.2 Å². The first-order valence-electron chi connectivity index (χ1n) is 9.98. The van der Waals surface area contributed by atoms with Crippen molar-refractivity contribution in [3.05, 3.63) is 59.4 Å². The Morgan fingerprint density at radius 2 is 1.91 bits per heavy atom. The molecule has 170 valence electrons. The maximum atomic E-state index is 12.6. The molecular weight excluding hydrogens is 422 g/mol. The average molecular weight is 446 g/mol. The van der Waals surface area contributed by atoms with Crippen LogP contribution in [0.1, 0.15) is 28.6 Å². The van der Waals surface area contributed by atoms with Crippen LogP contribution in [0.3, 0.4) is 0 Å². The topological polar surface area (TPSA) is 81.0 Å². The molecule has 0 aliphatic rings. The molecule has 3 aromatic rings. The molecule has 0 spiro atoms. The molecule has 2 aromatic carbocycles. The third-order valence-electron chi connectivity index (χ3n) is 4.97. The van der Waals surface area contributed by atoms with Crippen LogP contribution < -0.4 is 14.8 Å². The van der Waals surface area contributed by atoms with Crippen molar-refractivity contribution >= 4 is 22.8 Å². The number of benzene rings is 2. The molecule has 32 heavy (non-hydrogen) atoms. The number of nitrogens with one attached hydrogen (secondary N) is 1. The summed E-state index contributed by atoms with van der Waals surface area (Å²) < 4.78 is 40.1. The predicted molar refractivity (Wildman–Crippen MR) is 114 cm³/mol. The van der Waals surface area contributed by atoms with E-state index < -0.39 is 12.5 Å². The summed E-state index contributed by atoms with van der Waals surface area (Å²) in [5.74, 6) is -0.228. The van der Waals surface area contributed by atoms with E-state index in [0.29, 0.717) is 13.0 Å². The summed E-state index contributed by atoms with van der Waals surface area (Å²) in [4.78, 5) is 26.5. The van der Waals surface area contributed by atoms with Gasteiger partial charge in [-0.2, -0.15) is 8.78 Å². The van der Waals surface area contributed by atoms with Crippen molar-refractivity contribution < 1.29 is 32.3 Å². The lowest BCUT2D eigenvalue weighted by Gasteiger charge is -2.18. The molecule has 0 saturated carbocycles. The van der Waals surface area contributed by atoms with Crippen LogP contribution >= 0.6 is 0 Å². The number of hydrogen-bond acceptors (Lipinski definition) is 5. The fraction of sp³-hybridized carbons (Fsp3) is 0.304. The first-order valence-corrected chi connectivity index (χ1v) is 9.98. The summed E-state index contributed by atoms with van der Waals surface area (Å²) in [6.45, 7) is -0.931. The second-order valence-electron chi connectivity index (χ2n) is 7.03. The Labute approximate surface area is 183 Å². The number of ether oxygens (including phenoxy) is 2. The highest BCUT2D eigenvalue weighted by molar-refractivity contribution is 5.97. The number of carbonyl (C=O) groups is 2. The van der Waals surface area contributed by atoms with Crippen LogP contribution in [-0.2, 0) is 17.8 Å². The van der Waals surface area contributed by atoms with Crippen LogP contribution in [-0.4, -0.2) is 44.0 Å². The van der Waals surface area contributed by atoms with Gasteiger partial charge in [-0.25, -0.2) is 0 Å². The Morgan fingerprint density at radius 1 is 1.16 bits per heavy atom. The summed E-state index contributed by atoms with van der Waals surface area (Å²) in [5, 5.41) is 3.49. The minimum absolute atomic E-state index is 0.0136. The molecular formula is C23H24F2N2O5. The standard InChI is InChI=1S/C23H24F2N2O5/c1-4-17-16(15-7-5-6-8-18(15)31-17)13-27(2)21(28)12-26-22(29)14-9-10-19(32-23(24)25)20(11-14)30-3/h5-11,23H,4,12-13H2,1-3H3,(H,26,29). The first kappa shape index (κ1) is 23.1. The van der Waals surface area contributed by atoms with Crippen LogP contribution in [0, 0.1) is 0 Å². The van der Waals surface area contributed by atoms with E-state index in [9.17, 15) is 18.4 Å². The van der Waals surface area contributed by atoms with Crippen molar-refractivity contribution in [3.8, 4) is 11.5 Å². The van der Waals surface area contributed by atoms with Crippen LogP contribution in [0.25, 0.3) is 11.0 Å². The molecule has 0 bridgehead atoms. The summed E-state index contributed by atoms with van der Waals surface area (Å²) in [6, 6.07) is 11.4. The number of likely N-dealkylation sites (N-methyl/N-ethyl adjacent to an activating group) is 1. The van der Waals surface area contributed by atoms with Gasteiger partial charge in [-0.3, -0.25) is 9.59 Å². The molecule has 7 nitrogen and oxygen atoms in total. The maximum absolute atomic E-state index is 12.6. The monoisotopic (exact) mass is 446 g/mol. The number of para-hydroxylation sites is 1. The summed E-state index contributed by atoms with van der Waals surface area (Å²) >= 11 is 0. The number of halogens is 2. The third kappa shape index (κ3) is 5.16. The number of aryl methyl sites for hydroxylation is 1. The second kappa shape index (κ2) is 10.1. The van der Waals surface area contributed by atoms with Crippen LogP contribution in [0.4, 0.5) is 8.78 Å². The van der Waals surface area contributed by atoms with Crippen molar-refractivity contribution in [1.82, 2.24) is 10.2 Å². The molecule has 1 N–H and O–H groups in total. The maximum Gasteiger partial charge on any atom is 0.387 e. The molecule has 0 aliphatic heterocycles. The van der Waals surface area contributed by atoms with Crippen LogP contribution in [0.5, 0.6) is 11.5 Å². The van der Waals surface area contributed by atoms with E-state index in [1.54, 1.807) is 7.05 Å². The number of hydrogen-bond donors (Lipinski definition) is 1. The lowest BCUT2D eigenvalue weighted by Crippen LogP contribution is -2.37. The van der Waals surface area contributed by atoms with Crippen LogP contribution in [0.15, 0.2) is 46.9 Å². The fourth-order valence-electron chi connectivity index (χ4n) is 3.33. The molecule has 0 unspecified atom stereocenters. The average Bonchev–Trinajstić information content (AvgIpc) is 3.14. The van der Waals surface area contributed by atoms with Gasteiger partial charge in [0.25, 0.3) is 5.91 Å². The Hall–Kier alpha value is -3.62. The molecule has 2 amide bonds. The van der Waals surface area contributed by atoms with E-state index in [-0.39, 0.29) is 29.5 Å². The number of amides is 2. The first-order chi connectivity index (χ1) is 15.3. The third-order valence-corrected chi connectivity index (χ3v) is 4.97. The highest BCUT2D eigenvalue weighted by Crippen LogP contribution is 2.29. The van der Waals surface area contributed by atoms with Gasteiger partial charge < -0.3 is 24.1 Å². The number of carbonyl (C=O) groups excluding carboxylic acids is 2. The quantitative estimate of drug-likeness (QED) is 0.538. The Bertz CT molecular complexity index is 1110. The van der Waals surface area contributed by atoms with E-state index in [4.69, 9.17) is 9.15 Å². The smallest absolute Gasteiger partial charge is 0.387 e. The zero-order chi connectivity index (χ0) is 23.3. The fourth-order valence-corrected chi connectivity index (χ4v) is 3.33. The van der Waals surface area contributed by atoms with Crippen molar-refractivity contribution in [1.29, 1.82) is 0 Å². The number of rotatable bonds is 9. The molecule has 0 fully saturated rings. The Morgan fingerprint density at radius 3 is 2.59 bits per heavy atom. The molecule has 0 aliphatic carbocycles. The SMILES string of the molecule is CCc1oc2ccccc2c1CN(C)C(=O)CNC(=O)c1ccc(OC(F)F)c(OC)c1. The molecule has 0 atom stereocenters. The predicted octanol–water partition coefficient (Wildman–Crippen LogP) is 3.99. The van der Waals surface area contributed by atoms with Crippen molar-refractivity contribution in [2.24, 2.45) is 0 Å². The molecule has 1 aromatic heterocycles. The van der Waals surface area contributed by atoms with E-state index in [1.807, 2.05) is 31.2 Å². The van der Waals surface area contributed by atoms with E-state index in [2.05, 4.69) is 10.1 Å². The summed E-state index contributed by atoms with van der Waals surface area (Å²) in [6.07, 6.45) is 0.690. The molecule has 9 heteroatoms. The van der Waals surface area contributed by atoms with Gasteiger partial charge >= 0.3 is 6.61 Å². The van der Waals surface area contributed by atoms with Crippen LogP contribution in [0.2, 0.25) is 0 Å². The van der Waals surface area contributed by atoms with Gasteiger partial charge in [0, 0.05) is 36.5 Å². The number of methoxy groups -OCH3 is 1. The lowest BCUT2D eigenvalue weighted by molar-refractivity contribution is -0.129. The van der Waals surface area contributed by atoms with Gasteiger partial charge in [-0.05, 0) is 24.3 Å². The second-order valence-corrected chi connectivity index (χ2v) is 7.03. The van der Waals surface area contributed by atoms with Gasteiger partial charge in [0.05, 0.1) is 13.7 Å².